The minimum absolute atomic E-state index is 0.158. The van der Waals surface area contributed by atoms with Crippen LogP contribution in [0.15, 0.2) is 95.1 Å². The van der Waals surface area contributed by atoms with Crippen molar-refractivity contribution in [3.05, 3.63) is 106 Å². The van der Waals surface area contributed by atoms with Crippen molar-refractivity contribution in [3.63, 3.8) is 0 Å². The van der Waals surface area contributed by atoms with Crippen LogP contribution in [0.5, 0.6) is 0 Å². The zero-order valence-electron chi connectivity index (χ0n) is 14.4. The largest absolute Gasteiger partial charge is 0.321 e. The van der Waals surface area contributed by atoms with Gasteiger partial charge in [-0.2, -0.15) is 0 Å². The first kappa shape index (κ1) is 18.6. The van der Waals surface area contributed by atoms with Crippen LogP contribution in [0.1, 0.15) is 15.9 Å². The number of hydrogen-bond acceptors (Lipinski definition) is 2. The summed E-state index contributed by atoms with van der Waals surface area (Å²) in [6.07, 6.45) is 1.64. The first-order valence-electron chi connectivity index (χ1n) is 8.32. The van der Waals surface area contributed by atoms with Gasteiger partial charge in [0.15, 0.2) is 0 Å². The molecule has 2 amide bonds. The van der Waals surface area contributed by atoms with E-state index in [-0.39, 0.29) is 11.6 Å². The number of hydrogen-bond donors (Lipinski definition) is 2. The lowest BCUT2D eigenvalue weighted by Crippen LogP contribution is -2.30. The average molecular weight is 421 g/mol. The predicted octanol–water partition coefficient (Wildman–Crippen LogP) is 4.86. The van der Waals surface area contributed by atoms with Crippen LogP contribution in [-0.2, 0) is 4.79 Å². The number of carbonyl (C=O) groups is 2. The van der Waals surface area contributed by atoms with Crippen molar-refractivity contribution in [1.82, 2.24) is 5.32 Å². The van der Waals surface area contributed by atoms with Crippen LogP contribution in [0.4, 0.5) is 5.69 Å². The zero-order valence-corrected chi connectivity index (χ0v) is 15.9. The average Bonchev–Trinajstić information content (AvgIpc) is 2.69. The molecule has 0 atom stereocenters. The summed E-state index contributed by atoms with van der Waals surface area (Å²) in [4.78, 5) is 25.3. The van der Waals surface area contributed by atoms with Crippen LogP contribution >= 0.6 is 15.9 Å². The van der Waals surface area contributed by atoms with Crippen molar-refractivity contribution in [2.45, 2.75) is 0 Å². The summed E-state index contributed by atoms with van der Waals surface area (Å²) in [5, 5.41) is 5.52. The molecule has 0 heterocycles. The summed E-state index contributed by atoms with van der Waals surface area (Å²) < 4.78 is 0.883. The molecular formula is C22H17BrN2O2. The highest BCUT2D eigenvalue weighted by molar-refractivity contribution is 9.10. The molecular weight excluding hydrogens is 404 g/mol. The Bertz CT molecular complexity index is 970. The Balaban J connectivity index is 1.88. The van der Waals surface area contributed by atoms with E-state index in [1.165, 1.54) is 0 Å². The third-order valence-corrected chi connectivity index (χ3v) is 4.21. The Morgan fingerprint density at radius 3 is 2.15 bits per heavy atom. The van der Waals surface area contributed by atoms with Crippen molar-refractivity contribution in [1.29, 1.82) is 0 Å². The summed E-state index contributed by atoms with van der Waals surface area (Å²) in [6, 6.07) is 25.3. The van der Waals surface area contributed by atoms with Crippen molar-refractivity contribution < 1.29 is 9.59 Å². The smallest absolute Gasteiger partial charge is 0.272 e. The number of anilines is 1. The van der Waals surface area contributed by atoms with Crippen LogP contribution in [0.25, 0.3) is 6.08 Å². The Kier molecular flexibility index (Phi) is 6.18. The molecule has 0 aliphatic heterocycles. The fourth-order valence-corrected chi connectivity index (χ4v) is 2.84. The summed E-state index contributed by atoms with van der Waals surface area (Å²) in [6.45, 7) is 0. The van der Waals surface area contributed by atoms with E-state index in [0.717, 1.165) is 10.0 Å². The van der Waals surface area contributed by atoms with E-state index in [1.54, 1.807) is 42.5 Å². The van der Waals surface area contributed by atoms with Crippen molar-refractivity contribution >= 4 is 39.5 Å². The molecule has 0 radical (unpaired) electrons. The maximum Gasteiger partial charge on any atom is 0.272 e. The van der Waals surface area contributed by atoms with Gasteiger partial charge in [-0.3, -0.25) is 9.59 Å². The molecule has 2 N–H and O–H groups in total. The maximum atomic E-state index is 12.8. The SMILES string of the molecule is O=C(Nc1ccccc1)/C(=C\c1cccc(Br)c1)NC(=O)c1ccccc1. The summed E-state index contributed by atoms with van der Waals surface area (Å²) in [7, 11) is 0. The van der Waals surface area contributed by atoms with Crippen LogP contribution in [-0.4, -0.2) is 11.8 Å². The second kappa shape index (κ2) is 8.96. The molecule has 3 aromatic rings. The molecule has 3 rings (SSSR count). The molecule has 0 fully saturated rings. The predicted molar refractivity (Wildman–Crippen MR) is 111 cm³/mol. The number of carbonyl (C=O) groups excluding carboxylic acids is 2. The summed E-state index contributed by atoms with van der Waals surface area (Å²) >= 11 is 3.41. The Morgan fingerprint density at radius 2 is 1.48 bits per heavy atom. The van der Waals surface area contributed by atoms with Crippen LogP contribution in [0, 0.1) is 0 Å². The molecule has 4 nitrogen and oxygen atoms in total. The molecule has 0 spiro atoms. The molecule has 5 heteroatoms. The van der Waals surface area contributed by atoms with E-state index in [9.17, 15) is 9.59 Å². The van der Waals surface area contributed by atoms with Crippen molar-refractivity contribution in [2.75, 3.05) is 5.32 Å². The fraction of sp³-hybridized carbons (Fsp3) is 0. The number of halogens is 1. The minimum atomic E-state index is -0.398. The Labute approximate surface area is 166 Å². The molecule has 27 heavy (non-hydrogen) atoms. The maximum absolute atomic E-state index is 12.8. The van der Waals surface area contributed by atoms with Crippen LogP contribution in [0.3, 0.4) is 0 Å². The number of para-hydroxylation sites is 1. The lowest BCUT2D eigenvalue weighted by atomic mass is 10.1. The van der Waals surface area contributed by atoms with Gasteiger partial charge >= 0.3 is 0 Å². The zero-order chi connectivity index (χ0) is 19.1. The molecule has 0 aliphatic rings. The molecule has 3 aromatic carbocycles. The van der Waals surface area contributed by atoms with Gasteiger partial charge in [0, 0.05) is 15.7 Å². The highest BCUT2D eigenvalue weighted by atomic mass is 79.9. The highest BCUT2D eigenvalue weighted by Crippen LogP contribution is 2.15. The van der Waals surface area contributed by atoms with E-state index in [1.807, 2.05) is 48.5 Å². The quantitative estimate of drug-likeness (QED) is 0.579. The van der Waals surface area contributed by atoms with Gasteiger partial charge in [0.25, 0.3) is 11.8 Å². The van der Waals surface area contributed by atoms with E-state index >= 15 is 0 Å². The Morgan fingerprint density at radius 1 is 0.815 bits per heavy atom. The van der Waals surface area contributed by atoms with Crippen LogP contribution < -0.4 is 10.6 Å². The van der Waals surface area contributed by atoms with Gasteiger partial charge in [-0.1, -0.05) is 64.5 Å². The lowest BCUT2D eigenvalue weighted by molar-refractivity contribution is -0.113. The molecule has 0 aliphatic carbocycles. The highest BCUT2D eigenvalue weighted by Gasteiger charge is 2.15. The third-order valence-electron chi connectivity index (χ3n) is 3.72. The van der Waals surface area contributed by atoms with Gasteiger partial charge < -0.3 is 10.6 Å². The normalized spacial score (nSPS) is 10.9. The van der Waals surface area contributed by atoms with E-state index in [0.29, 0.717) is 11.3 Å². The third kappa shape index (κ3) is 5.39. The Hall–Kier alpha value is -3.18. The second-order valence-corrected chi connectivity index (χ2v) is 6.67. The minimum Gasteiger partial charge on any atom is -0.321 e. The topological polar surface area (TPSA) is 58.2 Å². The van der Waals surface area contributed by atoms with Crippen molar-refractivity contribution in [2.24, 2.45) is 0 Å². The second-order valence-electron chi connectivity index (χ2n) is 5.75. The lowest BCUT2D eigenvalue weighted by Gasteiger charge is -2.11. The number of benzene rings is 3. The first-order chi connectivity index (χ1) is 13.1. The molecule has 0 aromatic heterocycles. The standard InChI is InChI=1S/C22H17BrN2O2/c23-18-11-7-8-16(14-18)15-20(22(27)24-19-12-5-2-6-13-19)25-21(26)17-9-3-1-4-10-17/h1-15H,(H,24,27)(H,25,26)/b20-15+. The molecule has 0 unspecified atom stereocenters. The van der Waals surface area contributed by atoms with Crippen molar-refractivity contribution in [3.8, 4) is 0 Å². The number of rotatable bonds is 5. The fourth-order valence-electron chi connectivity index (χ4n) is 2.43. The molecule has 0 bridgehead atoms. The van der Waals surface area contributed by atoms with E-state index in [2.05, 4.69) is 26.6 Å². The summed E-state index contributed by atoms with van der Waals surface area (Å²) in [5.74, 6) is -0.745. The monoisotopic (exact) mass is 420 g/mol. The van der Waals surface area contributed by atoms with Crippen LogP contribution in [0.2, 0.25) is 0 Å². The number of amides is 2. The van der Waals surface area contributed by atoms with Gasteiger partial charge in [0.05, 0.1) is 0 Å². The van der Waals surface area contributed by atoms with E-state index in [4.69, 9.17) is 0 Å². The van der Waals surface area contributed by atoms with E-state index < -0.39 is 5.91 Å². The van der Waals surface area contributed by atoms with Gasteiger partial charge in [0.2, 0.25) is 0 Å². The molecule has 0 saturated carbocycles. The van der Waals surface area contributed by atoms with Gasteiger partial charge in [-0.15, -0.1) is 0 Å². The molecule has 0 saturated heterocycles. The van der Waals surface area contributed by atoms with Gasteiger partial charge in [-0.05, 0) is 48.0 Å². The van der Waals surface area contributed by atoms with Gasteiger partial charge in [-0.25, -0.2) is 0 Å². The first-order valence-corrected chi connectivity index (χ1v) is 9.11. The summed E-state index contributed by atoms with van der Waals surface area (Å²) in [5.41, 5.74) is 2.07. The molecule has 134 valence electrons. The number of nitrogens with one attached hydrogen (secondary N) is 2. The van der Waals surface area contributed by atoms with Gasteiger partial charge in [0.1, 0.15) is 5.70 Å².